The van der Waals surface area contributed by atoms with Gasteiger partial charge in [0.15, 0.2) is 8.32 Å². The Labute approximate surface area is 123 Å². The van der Waals surface area contributed by atoms with Gasteiger partial charge in [-0.05, 0) is 45.8 Å². The Morgan fingerprint density at radius 1 is 1.40 bits per heavy atom. The maximum atomic E-state index is 14.6. The van der Waals surface area contributed by atoms with Gasteiger partial charge in [-0.3, -0.25) is 0 Å². The van der Waals surface area contributed by atoms with E-state index >= 15 is 0 Å². The van der Waals surface area contributed by atoms with E-state index in [1.807, 2.05) is 6.92 Å². The number of halogens is 2. The first-order valence-electron chi connectivity index (χ1n) is 7.16. The van der Waals surface area contributed by atoms with E-state index in [0.29, 0.717) is 6.42 Å². The molecule has 0 radical (unpaired) electrons. The maximum absolute atomic E-state index is 14.6. The van der Waals surface area contributed by atoms with Crippen LogP contribution in [0, 0.1) is 12.8 Å². The summed E-state index contributed by atoms with van der Waals surface area (Å²) in [5.74, 6) is -3.28. The zero-order valence-electron chi connectivity index (χ0n) is 12.4. The van der Waals surface area contributed by atoms with Gasteiger partial charge in [0.05, 0.1) is 28.6 Å². The van der Waals surface area contributed by atoms with E-state index in [1.165, 1.54) is 11.3 Å². The third kappa shape index (κ3) is 1.91. The molecule has 3 rings (SSSR count). The molecule has 1 aromatic heterocycles. The van der Waals surface area contributed by atoms with Crippen LogP contribution in [0.5, 0.6) is 0 Å². The van der Waals surface area contributed by atoms with Crippen LogP contribution in [0.1, 0.15) is 29.8 Å². The summed E-state index contributed by atoms with van der Waals surface area (Å²) in [5.41, 5.74) is 1.47. The van der Waals surface area contributed by atoms with Crippen molar-refractivity contribution in [2.75, 3.05) is 0 Å². The Kier molecular flexibility index (Phi) is 3.16. The van der Waals surface area contributed by atoms with Crippen molar-refractivity contribution >= 4 is 19.7 Å². The van der Waals surface area contributed by atoms with Gasteiger partial charge >= 0.3 is 0 Å². The molecule has 0 N–H and O–H groups in total. The van der Waals surface area contributed by atoms with Gasteiger partial charge < -0.3 is 4.43 Å². The van der Waals surface area contributed by atoms with E-state index in [2.05, 4.69) is 24.6 Å². The minimum atomic E-state index is -2.63. The van der Waals surface area contributed by atoms with E-state index in [9.17, 15) is 8.78 Å². The number of aromatic nitrogens is 1. The van der Waals surface area contributed by atoms with E-state index in [1.54, 1.807) is 5.51 Å². The molecule has 3 atom stereocenters. The summed E-state index contributed by atoms with van der Waals surface area (Å²) in [6, 6.07) is 0. The van der Waals surface area contributed by atoms with Crippen molar-refractivity contribution in [1.29, 1.82) is 0 Å². The SMILES string of the molecule is Cc1ncsc1C12CCCC(O[Si](C)(C)C)C1C2(F)F. The van der Waals surface area contributed by atoms with Crippen LogP contribution in [0.4, 0.5) is 8.78 Å². The van der Waals surface area contributed by atoms with E-state index in [4.69, 9.17) is 4.43 Å². The van der Waals surface area contributed by atoms with Crippen LogP contribution >= 0.6 is 11.3 Å². The number of fused-ring (bicyclic) bond motifs is 1. The van der Waals surface area contributed by atoms with Crippen LogP contribution < -0.4 is 0 Å². The summed E-state index contributed by atoms with van der Waals surface area (Å²) in [6.45, 7) is 8.06. The van der Waals surface area contributed by atoms with Gasteiger partial charge in [-0.2, -0.15) is 0 Å². The summed E-state index contributed by atoms with van der Waals surface area (Å²) in [5, 5.41) is 0. The maximum Gasteiger partial charge on any atom is 0.265 e. The molecule has 112 valence electrons. The molecule has 0 saturated heterocycles. The van der Waals surface area contributed by atoms with Crippen LogP contribution in [0.25, 0.3) is 0 Å². The van der Waals surface area contributed by atoms with Gasteiger partial charge in [0.2, 0.25) is 0 Å². The normalized spacial score (nSPS) is 35.7. The average Bonchev–Trinajstić information content (AvgIpc) is 2.64. The largest absolute Gasteiger partial charge is 0.414 e. The molecule has 2 aliphatic rings. The molecule has 0 aromatic carbocycles. The van der Waals surface area contributed by atoms with E-state index in [0.717, 1.165) is 23.4 Å². The quantitative estimate of drug-likeness (QED) is 0.773. The molecule has 0 bridgehead atoms. The Morgan fingerprint density at radius 3 is 2.65 bits per heavy atom. The number of hydrogen-bond acceptors (Lipinski definition) is 3. The lowest BCUT2D eigenvalue weighted by molar-refractivity contribution is 0.0519. The fourth-order valence-electron chi connectivity index (χ4n) is 3.82. The fraction of sp³-hybridized carbons (Fsp3) is 0.786. The van der Waals surface area contributed by atoms with E-state index in [-0.39, 0.29) is 6.10 Å². The highest BCUT2D eigenvalue weighted by Gasteiger charge is 2.84. The van der Waals surface area contributed by atoms with Gasteiger partial charge in [0.25, 0.3) is 5.92 Å². The molecule has 6 heteroatoms. The molecule has 0 amide bonds. The number of thiazole rings is 1. The molecular formula is C14H21F2NOSSi. The molecule has 20 heavy (non-hydrogen) atoms. The third-order valence-corrected chi connectivity index (χ3v) is 6.64. The average molecular weight is 317 g/mol. The van der Waals surface area contributed by atoms with Gasteiger partial charge in [0.1, 0.15) is 0 Å². The minimum Gasteiger partial charge on any atom is -0.414 e. The molecule has 1 heterocycles. The van der Waals surface area contributed by atoms with Crippen molar-refractivity contribution in [3.63, 3.8) is 0 Å². The van der Waals surface area contributed by atoms with Crippen LogP contribution in [0.3, 0.4) is 0 Å². The third-order valence-electron chi connectivity index (χ3n) is 4.52. The number of aryl methyl sites for hydroxylation is 1. The summed E-state index contributed by atoms with van der Waals surface area (Å²) in [6.07, 6.45) is 1.87. The second-order valence-corrected chi connectivity index (χ2v) is 12.3. The highest BCUT2D eigenvalue weighted by atomic mass is 32.1. The number of rotatable bonds is 3. The number of hydrogen-bond donors (Lipinski definition) is 0. The highest BCUT2D eigenvalue weighted by Crippen LogP contribution is 2.74. The topological polar surface area (TPSA) is 22.1 Å². The van der Waals surface area contributed by atoms with Crippen molar-refractivity contribution in [3.8, 4) is 0 Å². The minimum absolute atomic E-state index is 0.285. The van der Waals surface area contributed by atoms with Crippen molar-refractivity contribution < 1.29 is 13.2 Å². The first kappa shape index (κ1) is 14.6. The first-order chi connectivity index (χ1) is 9.20. The van der Waals surface area contributed by atoms with Gasteiger partial charge in [-0.1, -0.05) is 0 Å². The summed E-state index contributed by atoms with van der Waals surface area (Å²) < 4.78 is 35.4. The zero-order valence-corrected chi connectivity index (χ0v) is 14.2. The van der Waals surface area contributed by atoms with Crippen LogP contribution in [0.2, 0.25) is 19.6 Å². The van der Waals surface area contributed by atoms with Crippen molar-refractivity contribution in [1.82, 2.24) is 4.98 Å². The second-order valence-electron chi connectivity index (χ2n) is 7.00. The van der Waals surface area contributed by atoms with Crippen LogP contribution in [-0.2, 0) is 9.84 Å². The Hall–Kier alpha value is -0.333. The highest BCUT2D eigenvalue weighted by molar-refractivity contribution is 7.10. The van der Waals surface area contributed by atoms with Crippen molar-refractivity contribution in [2.24, 2.45) is 5.92 Å². The Morgan fingerprint density at radius 2 is 2.10 bits per heavy atom. The molecule has 3 unspecified atom stereocenters. The number of nitrogens with zero attached hydrogens (tertiary/aromatic N) is 1. The van der Waals surface area contributed by atoms with Crippen LogP contribution in [0.15, 0.2) is 5.51 Å². The molecule has 2 nitrogen and oxygen atoms in total. The second kappa shape index (κ2) is 4.33. The van der Waals surface area contributed by atoms with Gasteiger partial charge in [-0.25, -0.2) is 13.8 Å². The molecular weight excluding hydrogens is 296 g/mol. The summed E-state index contributed by atoms with van der Waals surface area (Å²) in [7, 11) is -1.80. The lowest BCUT2D eigenvalue weighted by atomic mass is 9.85. The fourth-order valence-corrected chi connectivity index (χ4v) is 6.10. The van der Waals surface area contributed by atoms with Crippen molar-refractivity contribution in [2.45, 2.75) is 63.3 Å². The molecule has 2 saturated carbocycles. The monoisotopic (exact) mass is 317 g/mol. The first-order valence-corrected chi connectivity index (χ1v) is 11.4. The zero-order chi connectivity index (χ0) is 14.8. The lowest BCUT2D eigenvalue weighted by Crippen LogP contribution is -2.37. The Bertz CT molecular complexity index is 527. The van der Waals surface area contributed by atoms with Crippen molar-refractivity contribution in [3.05, 3.63) is 16.1 Å². The Balaban J connectivity index is 1.95. The number of alkyl halides is 2. The summed E-state index contributed by atoms with van der Waals surface area (Å²) in [4.78, 5) is 4.97. The molecule has 1 aromatic rings. The molecule has 2 fully saturated rings. The van der Waals surface area contributed by atoms with Crippen LogP contribution in [-0.4, -0.2) is 25.3 Å². The molecule has 2 aliphatic carbocycles. The predicted octanol–water partition coefficient (Wildman–Crippen LogP) is 4.36. The predicted molar refractivity (Wildman–Crippen MR) is 79.0 cm³/mol. The lowest BCUT2D eigenvalue weighted by Gasteiger charge is -2.31. The smallest absolute Gasteiger partial charge is 0.265 e. The van der Waals surface area contributed by atoms with Gasteiger partial charge in [0, 0.05) is 4.88 Å². The molecule has 0 spiro atoms. The summed E-state index contributed by atoms with van der Waals surface area (Å²) >= 11 is 1.38. The standard InChI is InChI=1S/C14H21F2NOSSi/c1-9-12(19-8-17-9)13-7-5-6-10(18-20(2,3)4)11(13)14(13,15)16/h8,10-11H,5-7H2,1-4H3. The molecule has 0 aliphatic heterocycles. The van der Waals surface area contributed by atoms with Gasteiger partial charge in [-0.15, -0.1) is 11.3 Å². The van der Waals surface area contributed by atoms with E-state index < -0.39 is 25.6 Å².